The summed E-state index contributed by atoms with van der Waals surface area (Å²) in [4.78, 5) is 28.8. The number of ether oxygens (including phenoxy) is 2. The summed E-state index contributed by atoms with van der Waals surface area (Å²) in [6.07, 6.45) is 2.42. The fourth-order valence-electron chi connectivity index (χ4n) is 3.66. The summed E-state index contributed by atoms with van der Waals surface area (Å²) in [5.41, 5.74) is 0.337. The Bertz CT molecular complexity index is 644. The van der Waals surface area contributed by atoms with E-state index in [9.17, 15) is 9.59 Å². The third-order valence-electron chi connectivity index (χ3n) is 5.28. The first-order valence-corrected chi connectivity index (χ1v) is 9.04. The highest BCUT2D eigenvalue weighted by Crippen LogP contribution is 2.32. The summed E-state index contributed by atoms with van der Waals surface area (Å²) in [5, 5.41) is 8.37. The molecule has 4 rings (SSSR count). The maximum Gasteiger partial charge on any atom is 0.274 e. The number of rotatable bonds is 3. The molecule has 0 bridgehead atoms. The normalized spacial score (nSPS) is 22.7. The molecule has 3 aliphatic heterocycles. The molecular formula is C17H23N5O4. The van der Waals surface area contributed by atoms with Crippen molar-refractivity contribution in [3.8, 4) is 0 Å². The van der Waals surface area contributed by atoms with Crippen LogP contribution in [0, 0.1) is 0 Å². The average molecular weight is 361 g/mol. The Balaban J connectivity index is 1.35. The summed E-state index contributed by atoms with van der Waals surface area (Å²) in [6.45, 7) is 5.06. The molecule has 1 aromatic heterocycles. The highest BCUT2D eigenvalue weighted by molar-refractivity contribution is 5.92. The zero-order valence-electron chi connectivity index (χ0n) is 14.7. The van der Waals surface area contributed by atoms with Crippen LogP contribution in [0.1, 0.15) is 23.3 Å². The minimum absolute atomic E-state index is 0.139. The van der Waals surface area contributed by atoms with E-state index in [1.807, 2.05) is 6.07 Å². The molecule has 0 saturated carbocycles. The van der Waals surface area contributed by atoms with Gasteiger partial charge in [0, 0.05) is 52.1 Å². The molecule has 2 amide bonds. The Morgan fingerprint density at radius 2 is 1.69 bits per heavy atom. The standard InChI is InChI=1S/C17H23N5O4/c23-13-20-7-9-22(10-8-20)16(24)14-1-2-15(19-18-14)21-5-3-17(4-6-21)25-11-12-26-17/h1-2,13H,3-12H2. The Morgan fingerprint density at radius 1 is 1.00 bits per heavy atom. The predicted octanol–water partition coefficient (Wildman–Crippen LogP) is -0.266. The van der Waals surface area contributed by atoms with Gasteiger partial charge in [-0.25, -0.2) is 0 Å². The van der Waals surface area contributed by atoms with Crippen LogP contribution in [0.2, 0.25) is 0 Å². The lowest BCUT2D eigenvalue weighted by Gasteiger charge is -2.37. The Labute approximate surface area is 151 Å². The first kappa shape index (κ1) is 17.2. The van der Waals surface area contributed by atoms with E-state index in [4.69, 9.17) is 9.47 Å². The molecular weight excluding hydrogens is 338 g/mol. The van der Waals surface area contributed by atoms with E-state index in [0.29, 0.717) is 45.1 Å². The molecule has 0 radical (unpaired) electrons. The Kier molecular flexibility index (Phi) is 4.73. The molecule has 0 atom stereocenters. The van der Waals surface area contributed by atoms with Gasteiger partial charge in [0.05, 0.1) is 13.2 Å². The van der Waals surface area contributed by atoms with Gasteiger partial charge in [0.25, 0.3) is 5.91 Å². The first-order chi connectivity index (χ1) is 12.7. The first-order valence-electron chi connectivity index (χ1n) is 9.04. The highest BCUT2D eigenvalue weighted by Gasteiger charge is 2.40. The van der Waals surface area contributed by atoms with Crippen LogP contribution in [-0.2, 0) is 14.3 Å². The summed E-state index contributed by atoms with van der Waals surface area (Å²) >= 11 is 0. The fraction of sp³-hybridized carbons (Fsp3) is 0.647. The van der Waals surface area contributed by atoms with Gasteiger partial charge in [0.2, 0.25) is 6.41 Å². The van der Waals surface area contributed by atoms with Crippen LogP contribution >= 0.6 is 0 Å². The quantitative estimate of drug-likeness (QED) is 0.685. The molecule has 0 unspecified atom stereocenters. The Hall–Kier alpha value is -2.26. The van der Waals surface area contributed by atoms with Crippen molar-refractivity contribution in [2.45, 2.75) is 18.6 Å². The average Bonchev–Trinajstić information content (AvgIpc) is 3.16. The largest absolute Gasteiger partial charge is 0.355 e. The van der Waals surface area contributed by atoms with Gasteiger partial charge in [-0.15, -0.1) is 10.2 Å². The van der Waals surface area contributed by atoms with Crippen molar-refractivity contribution in [2.75, 3.05) is 57.4 Å². The van der Waals surface area contributed by atoms with Crippen molar-refractivity contribution in [1.82, 2.24) is 20.0 Å². The van der Waals surface area contributed by atoms with E-state index in [1.54, 1.807) is 15.9 Å². The Morgan fingerprint density at radius 3 is 2.27 bits per heavy atom. The van der Waals surface area contributed by atoms with E-state index in [1.165, 1.54) is 0 Å². The van der Waals surface area contributed by atoms with Crippen molar-refractivity contribution in [3.63, 3.8) is 0 Å². The van der Waals surface area contributed by atoms with Crippen molar-refractivity contribution in [2.24, 2.45) is 0 Å². The number of carbonyl (C=O) groups is 2. The van der Waals surface area contributed by atoms with Crippen LogP contribution in [0.25, 0.3) is 0 Å². The topological polar surface area (TPSA) is 88.1 Å². The second-order valence-corrected chi connectivity index (χ2v) is 6.81. The zero-order chi connectivity index (χ0) is 18.0. The van der Waals surface area contributed by atoms with Crippen LogP contribution in [0.4, 0.5) is 5.82 Å². The van der Waals surface area contributed by atoms with Gasteiger partial charge >= 0.3 is 0 Å². The number of piperidine rings is 1. The van der Waals surface area contributed by atoms with Crippen LogP contribution in [0.3, 0.4) is 0 Å². The molecule has 0 N–H and O–H groups in total. The van der Waals surface area contributed by atoms with Gasteiger partial charge in [-0.1, -0.05) is 0 Å². The number of hydrogen-bond donors (Lipinski definition) is 0. The summed E-state index contributed by atoms with van der Waals surface area (Å²) in [7, 11) is 0. The molecule has 4 heterocycles. The molecule has 3 saturated heterocycles. The molecule has 9 nitrogen and oxygen atoms in total. The van der Waals surface area contributed by atoms with Crippen LogP contribution in [0.15, 0.2) is 12.1 Å². The highest BCUT2D eigenvalue weighted by atomic mass is 16.7. The molecule has 0 aromatic carbocycles. The van der Waals surface area contributed by atoms with E-state index in [-0.39, 0.29) is 5.91 Å². The van der Waals surface area contributed by atoms with Gasteiger partial charge in [0.1, 0.15) is 0 Å². The second kappa shape index (κ2) is 7.16. The van der Waals surface area contributed by atoms with E-state index >= 15 is 0 Å². The maximum absolute atomic E-state index is 12.5. The lowest BCUT2D eigenvalue weighted by molar-refractivity contribution is -0.169. The van der Waals surface area contributed by atoms with E-state index in [2.05, 4.69) is 15.1 Å². The van der Waals surface area contributed by atoms with Crippen LogP contribution in [0.5, 0.6) is 0 Å². The molecule has 26 heavy (non-hydrogen) atoms. The number of anilines is 1. The molecule has 140 valence electrons. The summed E-state index contributed by atoms with van der Waals surface area (Å²) in [5.74, 6) is 0.212. The molecule has 3 aliphatic rings. The minimum atomic E-state index is -0.413. The number of piperazine rings is 1. The van der Waals surface area contributed by atoms with Crippen LogP contribution < -0.4 is 4.90 Å². The lowest BCUT2D eigenvalue weighted by atomic mass is 10.0. The predicted molar refractivity (Wildman–Crippen MR) is 91.7 cm³/mol. The van der Waals surface area contributed by atoms with Gasteiger partial charge in [-0.05, 0) is 12.1 Å². The molecule has 0 aliphatic carbocycles. The van der Waals surface area contributed by atoms with E-state index in [0.717, 1.165) is 38.2 Å². The number of hydrogen-bond acceptors (Lipinski definition) is 7. The van der Waals surface area contributed by atoms with Crippen LogP contribution in [-0.4, -0.2) is 90.6 Å². The van der Waals surface area contributed by atoms with Crippen molar-refractivity contribution < 1.29 is 19.1 Å². The van der Waals surface area contributed by atoms with Crippen molar-refractivity contribution in [1.29, 1.82) is 0 Å². The molecule has 1 spiro atoms. The van der Waals surface area contributed by atoms with Crippen molar-refractivity contribution in [3.05, 3.63) is 17.8 Å². The molecule has 3 fully saturated rings. The van der Waals surface area contributed by atoms with Crippen molar-refractivity contribution >= 4 is 18.1 Å². The number of carbonyl (C=O) groups excluding carboxylic acids is 2. The number of nitrogens with zero attached hydrogens (tertiary/aromatic N) is 5. The molecule has 9 heteroatoms. The third-order valence-corrected chi connectivity index (χ3v) is 5.28. The fourth-order valence-corrected chi connectivity index (χ4v) is 3.66. The van der Waals surface area contributed by atoms with Gasteiger partial charge in [-0.3, -0.25) is 9.59 Å². The van der Waals surface area contributed by atoms with Gasteiger partial charge < -0.3 is 24.2 Å². The zero-order valence-corrected chi connectivity index (χ0v) is 14.7. The van der Waals surface area contributed by atoms with Gasteiger partial charge in [-0.2, -0.15) is 0 Å². The monoisotopic (exact) mass is 361 g/mol. The lowest BCUT2D eigenvalue weighted by Crippen LogP contribution is -2.48. The molecule has 1 aromatic rings. The smallest absolute Gasteiger partial charge is 0.274 e. The van der Waals surface area contributed by atoms with E-state index < -0.39 is 5.79 Å². The maximum atomic E-state index is 12.5. The SMILES string of the molecule is O=CN1CCN(C(=O)c2ccc(N3CCC4(CC3)OCCO4)nn2)CC1. The minimum Gasteiger partial charge on any atom is -0.355 e. The number of aromatic nitrogens is 2. The summed E-state index contributed by atoms with van der Waals surface area (Å²) in [6, 6.07) is 3.57. The van der Waals surface area contributed by atoms with Gasteiger partial charge in [0.15, 0.2) is 17.3 Å². The number of amides is 2. The summed E-state index contributed by atoms with van der Waals surface area (Å²) < 4.78 is 11.5. The second-order valence-electron chi connectivity index (χ2n) is 6.81. The third kappa shape index (κ3) is 3.36.